The van der Waals surface area contributed by atoms with Crippen LogP contribution in [0, 0.1) is 5.82 Å². The van der Waals surface area contributed by atoms with Crippen LogP contribution in [0.5, 0.6) is 0 Å². The molecule has 0 aliphatic carbocycles. The number of nitrogens with zero attached hydrogens (tertiary/aromatic N) is 5. The van der Waals surface area contributed by atoms with E-state index >= 15 is 0 Å². The molecule has 2 aromatic rings. The predicted octanol–water partition coefficient (Wildman–Crippen LogP) is 0.968. The molecular formula is C19H26FIN6O2. The fraction of sp³-hybridized carbons (Fsp3) is 0.421. The van der Waals surface area contributed by atoms with Gasteiger partial charge in [-0.3, -0.25) is 9.79 Å². The van der Waals surface area contributed by atoms with E-state index in [2.05, 4.69) is 20.2 Å². The fourth-order valence-corrected chi connectivity index (χ4v) is 3.18. The van der Waals surface area contributed by atoms with Crippen LogP contribution in [0.3, 0.4) is 0 Å². The van der Waals surface area contributed by atoms with Gasteiger partial charge in [0.2, 0.25) is 0 Å². The standard InChI is InChI=1S/C19H25FN6O2.HI/c1-21-19(23-13-16(27)14-4-3-5-15(20)12-14)26-10-8-25(9-11-26)17-18(28)24(2)7-6-22-17;/h3-7,12,16,27H,8-11,13H2,1-2H3,(H,21,23);1H. The zero-order valence-corrected chi connectivity index (χ0v) is 18.8. The van der Waals surface area contributed by atoms with Crippen molar-refractivity contribution in [1.82, 2.24) is 19.8 Å². The Morgan fingerprint density at radius 3 is 2.72 bits per heavy atom. The fourth-order valence-electron chi connectivity index (χ4n) is 3.18. The van der Waals surface area contributed by atoms with Crippen LogP contribution in [0.2, 0.25) is 0 Å². The maximum absolute atomic E-state index is 13.3. The lowest BCUT2D eigenvalue weighted by Gasteiger charge is -2.36. The van der Waals surface area contributed by atoms with Gasteiger partial charge < -0.3 is 24.8 Å². The van der Waals surface area contributed by atoms with E-state index in [0.717, 1.165) is 0 Å². The molecule has 158 valence electrons. The lowest BCUT2D eigenvalue weighted by molar-refractivity contribution is 0.179. The van der Waals surface area contributed by atoms with E-state index in [1.807, 2.05) is 4.90 Å². The van der Waals surface area contributed by atoms with E-state index in [9.17, 15) is 14.3 Å². The SMILES string of the molecule is CN=C(NCC(O)c1cccc(F)c1)N1CCN(c2nccn(C)c2=O)CC1.I. The zero-order valence-electron chi connectivity index (χ0n) is 16.5. The summed E-state index contributed by atoms with van der Waals surface area (Å²) in [5.41, 5.74) is 0.399. The molecule has 0 bridgehead atoms. The van der Waals surface area contributed by atoms with Gasteiger partial charge in [-0.1, -0.05) is 12.1 Å². The second-order valence-corrected chi connectivity index (χ2v) is 6.64. The topological polar surface area (TPSA) is 86.0 Å². The van der Waals surface area contributed by atoms with Gasteiger partial charge >= 0.3 is 0 Å². The third-order valence-corrected chi connectivity index (χ3v) is 4.78. The molecule has 1 saturated heterocycles. The number of anilines is 1. The molecule has 1 aromatic heterocycles. The van der Waals surface area contributed by atoms with Crippen molar-refractivity contribution < 1.29 is 9.50 Å². The summed E-state index contributed by atoms with van der Waals surface area (Å²) in [6, 6.07) is 5.92. The minimum Gasteiger partial charge on any atom is -0.387 e. The molecule has 0 saturated carbocycles. The average Bonchev–Trinajstić information content (AvgIpc) is 2.71. The second-order valence-electron chi connectivity index (χ2n) is 6.64. The van der Waals surface area contributed by atoms with E-state index in [-0.39, 0.29) is 41.9 Å². The maximum atomic E-state index is 13.3. The minimum absolute atomic E-state index is 0. The molecule has 1 unspecified atom stereocenters. The molecule has 0 radical (unpaired) electrons. The van der Waals surface area contributed by atoms with Crippen molar-refractivity contribution >= 4 is 35.8 Å². The Hall–Kier alpha value is -2.21. The number of rotatable bonds is 4. The van der Waals surface area contributed by atoms with Gasteiger partial charge in [0.25, 0.3) is 5.56 Å². The molecular weight excluding hydrogens is 490 g/mol. The third-order valence-electron chi connectivity index (χ3n) is 4.78. The molecule has 1 atom stereocenters. The predicted molar refractivity (Wildman–Crippen MR) is 121 cm³/mol. The van der Waals surface area contributed by atoms with E-state index in [4.69, 9.17) is 0 Å². The second kappa shape index (κ2) is 10.5. The van der Waals surface area contributed by atoms with E-state index < -0.39 is 6.10 Å². The summed E-state index contributed by atoms with van der Waals surface area (Å²) in [5, 5.41) is 13.4. The lowest BCUT2D eigenvalue weighted by Crippen LogP contribution is -2.54. The van der Waals surface area contributed by atoms with Crippen LogP contribution in [-0.2, 0) is 7.05 Å². The van der Waals surface area contributed by atoms with Gasteiger partial charge in [-0.05, 0) is 17.7 Å². The van der Waals surface area contributed by atoms with E-state index in [1.165, 1.54) is 16.7 Å². The van der Waals surface area contributed by atoms with Crippen LogP contribution in [0.1, 0.15) is 11.7 Å². The number of hydrogen-bond donors (Lipinski definition) is 2. The van der Waals surface area contributed by atoms with Gasteiger partial charge in [0.15, 0.2) is 11.8 Å². The van der Waals surface area contributed by atoms with Gasteiger partial charge in [-0.15, -0.1) is 24.0 Å². The summed E-state index contributed by atoms with van der Waals surface area (Å²) < 4.78 is 14.8. The highest BCUT2D eigenvalue weighted by Crippen LogP contribution is 2.14. The average molecular weight is 516 g/mol. The quantitative estimate of drug-likeness (QED) is 0.358. The van der Waals surface area contributed by atoms with Crippen molar-refractivity contribution in [1.29, 1.82) is 0 Å². The lowest BCUT2D eigenvalue weighted by atomic mass is 10.1. The van der Waals surface area contributed by atoms with Crippen molar-refractivity contribution in [3.05, 3.63) is 58.4 Å². The first kappa shape index (κ1) is 23.1. The number of halogens is 2. The number of benzene rings is 1. The van der Waals surface area contributed by atoms with Crippen LogP contribution >= 0.6 is 24.0 Å². The van der Waals surface area contributed by atoms with Crippen LogP contribution in [0.25, 0.3) is 0 Å². The third kappa shape index (κ3) is 5.66. The van der Waals surface area contributed by atoms with Crippen LogP contribution in [0.15, 0.2) is 46.4 Å². The van der Waals surface area contributed by atoms with Gasteiger partial charge in [0, 0.05) is 59.2 Å². The highest BCUT2D eigenvalue weighted by atomic mass is 127. The van der Waals surface area contributed by atoms with Crippen molar-refractivity contribution in [2.45, 2.75) is 6.10 Å². The monoisotopic (exact) mass is 516 g/mol. The summed E-state index contributed by atoms with van der Waals surface area (Å²) in [5.74, 6) is 0.732. The van der Waals surface area contributed by atoms with E-state index in [1.54, 1.807) is 38.6 Å². The van der Waals surface area contributed by atoms with Crippen molar-refractivity contribution in [3.63, 3.8) is 0 Å². The maximum Gasteiger partial charge on any atom is 0.293 e. The minimum atomic E-state index is -0.842. The number of aryl methyl sites for hydroxylation is 1. The molecule has 1 aliphatic rings. The molecule has 0 spiro atoms. The number of aliphatic imine (C=N–C) groups is 1. The highest BCUT2D eigenvalue weighted by Gasteiger charge is 2.23. The Morgan fingerprint density at radius 1 is 1.34 bits per heavy atom. The molecule has 10 heteroatoms. The number of aliphatic hydroxyl groups excluding tert-OH is 1. The molecule has 1 fully saturated rings. The highest BCUT2D eigenvalue weighted by molar-refractivity contribution is 14.0. The summed E-state index contributed by atoms with van der Waals surface area (Å²) >= 11 is 0. The molecule has 1 aliphatic heterocycles. The molecule has 29 heavy (non-hydrogen) atoms. The first-order chi connectivity index (χ1) is 13.5. The molecule has 2 heterocycles. The summed E-state index contributed by atoms with van der Waals surface area (Å²) in [7, 11) is 3.39. The first-order valence-corrected chi connectivity index (χ1v) is 9.15. The largest absolute Gasteiger partial charge is 0.387 e. The summed E-state index contributed by atoms with van der Waals surface area (Å²) in [6.45, 7) is 2.82. The van der Waals surface area contributed by atoms with Gasteiger partial charge in [0.05, 0.1) is 6.10 Å². The molecule has 1 aromatic carbocycles. The summed E-state index contributed by atoms with van der Waals surface area (Å²) in [6.07, 6.45) is 2.42. The van der Waals surface area contributed by atoms with Crippen LogP contribution < -0.4 is 15.8 Å². The molecule has 2 N–H and O–H groups in total. The number of aliphatic hydroxyl groups is 1. The molecule has 0 amide bonds. The Labute approximate surface area is 186 Å². The Bertz CT molecular complexity index is 898. The summed E-state index contributed by atoms with van der Waals surface area (Å²) in [4.78, 5) is 24.7. The van der Waals surface area contributed by atoms with Gasteiger partial charge in [0.1, 0.15) is 5.82 Å². The number of piperazine rings is 1. The molecule has 3 rings (SSSR count). The Kier molecular flexibility index (Phi) is 8.38. The Balaban J connectivity index is 0.00000300. The number of aromatic nitrogens is 2. The van der Waals surface area contributed by atoms with Crippen molar-refractivity contribution in [2.24, 2.45) is 12.0 Å². The van der Waals surface area contributed by atoms with E-state index in [0.29, 0.717) is 43.5 Å². The zero-order chi connectivity index (χ0) is 20.1. The van der Waals surface area contributed by atoms with Crippen LogP contribution in [0.4, 0.5) is 10.2 Å². The van der Waals surface area contributed by atoms with Crippen LogP contribution in [-0.4, -0.2) is 65.3 Å². The Morgan fingerprint density at radius 2 is 2.07 bits per heavy atom. The smallest absolute Gasteiger partial charge is 0.293 e. The van der Waals surface area contributed by atoms with Gasteiger partial charge in [-0.2, -0.15) is 0 Å². The number of guanidine groups is 1. The molecule has 8 nitrogen and oxygen atoms in total. The van der Waals surface area contributed by atoms with Crippen molar-refractivity contribution in [2.75, 3.05) is 44.7 Å². The normalized spacial score (nSPS) is 15.7. The van der Waals surface area contributed by atoms with Crippen molar-refractivity contribution in [3.8, 4) is 0 Å². The first-order valence-electron chi connectivity index (χ1n) is 9.15. The van der Waals surface area contributed by atoms with Gasteiger partial charge in [-0.25, -0.2) is 9.37 Å². The number of hydrogen-bond acceptors (Lipinski definition) is 5. The number of nitrogens with one attached hydrogen (secondary N) is 1.